The number of anilines is 1. The van der Waals surface area contributed by atoms with Crippen molar-refractivity contribution < 1.29 is 4.74 Å². The van der Waals surface area contributed by atoms with E-state index in [9.17, 15) is 0 Å². The first kappa shape index (κ1) is 18.5. The zero-order valence-electron chi connectivity index (χ0n) is 15.4. The van der Waals surface area contributed by atoms with Gasteiger partial charge in [-0.3, -0.25) is 4.90 Å². The van der Waals surface area contributed by atoms with Crippen LogP contribution in [-0.4, -0.2) is 59.2 Å². The van der Waals surface area contributed by atoms with E-state index in [-0.39, 0.29) is 0 Å². The minimum absolute atomic E-state index is 0.666. The second-order valence-corrected chi connectivity index (χ2v) is 8.13. The van der Waals surface area contributed by atoms with Crippen LogP contribution in [0.5, 0.6) is 0 Å². The molecule has 3 aromatic rings. The molecule has 0 aromatic carbocycles. The minimum atomic E-state index is 0.666. The van der Waals surface area contributed by atoms with Crippen molar-refractivity contribution in [3.8, 4) is 21.8 Å². The maximum atomic E-state index is 5.39. The van der Waals surface area contributed by atoms with Crippen molar-refractivity contribution in [1.82, 2.24) is 19.9 Å². The Labute approximate surface area is 167 Å². The molecule has 0 saturated carbocycles. The lowest BCUT2D eigenvalue weighted by Gasteiger charge is -2.26. The molecule has 4 rings (SSSR count). The predicted octanol–water partition coefficient (Wildman–Crippen LogP) is 3.77. The highest BCUT2D eigenvalue weighted by atomic mass is 32.1. The molecule has 6 nitrogen and oxygen atoms in total. The smallest absolute Gasteiger partial charge is 0.223 e. The third-order valence-corrected chi connectivity index (χ3v) is 6.13. The van der Waals surface area contributed by atoms with Crippen LogP contribution in [0.25, 0.3) is 21.8 Å². The standard InChI is InChI=1S/C19H23N5OS2/c1-14-12-27-18(22-14)17-16(15-3-10-26-13-15)11-21-19(23-17)20-4-2-5-24-6-8-25-9-7-24/h3,10-13H,2,4-9H2,1H3,(H,20,21,23). The van der Waals surface area contributed by atoms with Crippen LogP contribution in [0.4, 0.5) is 5.95 Å². The summed E-state index contributed by atoms with van der Waals surface area (Å²) < 4.78 is 5.39. The number of aryl methyl sites for hydroxylation is 1. The first-order valence-corrected chi connectivity index (χ1v) is 11.0. The highest BCUT2D eigenvalue weighted by Crippen LogP contribution is 2.33. The molecule has 8 heteroatoms. The van der Waals surface area contributed by atoms with Crippen molar-refractivity contribution in [2.24, 2.45) is 0 Å². The Kier molecular flexibility index (Phi) is 6.08. The van der Waals surface area contributed by atoms with Crippen LogP contribution in [0.1, 0.15) is 12.1 Å². The molecule has 0 amide bonds. The largest absolute Gasteiger partial charge is 0.379 e. The SMILES string of the molecule is Cc1csc(-c2nc(NCCCN3CCOCC3)ncc2-c2ccsc2)n1. The van der Waals surface area contributed by atoms with Crippen molar-refractivity contribution in [1.29, 1.82) is 0 Å². The van der Waals surface area contributed by atoms with E-state index in [1.807, 2.05) is 13.1 Å². The van der Waals surface area contributed by atoms with Crippen molar-refractivity contribution in [3.63, 3.8) is 0 Å². The highest BCUT2D eigenvalue weighted by Gasteiger charge is 2.15. The van der Waals surface area contributed by atoms with E-state index < -0.39 is 0 Å². The molecule has 0 atom stereocenters. The van der Waals surface area contributed by atoms with Gasteiger partial charge in [0.05, 0.1) is 13.2 Å². The zero-order valence-corrected chi connectivity index (χ0v) is 17.0. The maximum absolute atomic E-state index is 5.39. The molecule has 4 heterocycles. The van der Waals surface area contributed by atoms with Gasteiger partial charge in [-0.15, -0.1) is 11.3 Å². The number of nitrogens with one attached hydrogen (secondary N) is 1. The van der Waals surface area contributed by atoms with E-state index in [4.69, 9.17) is 9.72 Å². The summed E-state index contributed by atoms with van der Waals surface area (Å²) in [5.74, 6) is 0.666. The molecule has 0 unspecified atom stereocenters. The van der Waals surface area contributed by atoms with E-state index in [0.29, 0.717) is 5.95 Å². The third-order valence-electron chi connectivity index (χ3n) is 4.48. The summed E-state index contributed by atoms with van der Waals surface area (Å²) in [7, 11) is 0. The third kappa shape index (κ3) is 4.70. The first-order valence-electron chi connectivity index (χ1n) is 9.16. The number of morpholine rings is 1. The van der Waals surface area contributed by atoms with Crippen LogP contribution in [0, 0.1) is 6.92 Å². The second kappa shape index (κ2) is 8.88. The molecule has 1 fully saturated rings. The Morgan fingerprint density at radius 2 is 2.11 bits per heavy atom. The lowest BCUT2D eigenvalue weighted by molar-refractivity contribution is 0.0378. The lowest BCUT2D eigenvalue weighted by Crippen LogP contribution is -2.37. The number of thiophene rings is 1. The molecule has 1 aliphatic rings. The Balaban J connectivity index is 1.45. The fourth-order valence-electron chi connectivity index (χ4n) is 3.05. The van der Waals surface area contributed by atoms with Gasteiger partial charge < -0.3 is 10.1 Å². The van der Waals surface area contributed by atoms with Gasteiger partial charge in [0.15, 0.2) is 0 Å². The lowest BCUT2D eigenvalue weighted by atomic mass is 10.1. The highest BCUT2D eigenvalue weighted by molar-refractivity contribution is 7.13. The number of hydrogen-bond donors (Lipinski definition) is 1. The van der Waals surface area contributed by atoms with Gasteiger partial charge >= 0.3 is 0 Å². The van der Waals surface area contributed by atoms with Gasteiger partial charge in [0.1, 0.15) is 10.7 Å². The molecule has 3 aromatic heterocycles. The molecule has 142 valence electrons. The minimum Gasteiger partial charge on any atom is -0.379 e. The number of nitrogens with zero attached hydrogens (tertiary/aromatic N) is 4. The van der Waals surface area contributed by atoms with Crippen molar-refractivity contribution in [3.05, 3.63) is 34.1 Å². The molecule has 0 bridgehead atoms. The molecule has 0 spiro atoms. The van der Waals surface area contributed by atoms with E-state index in [1.165, 1.54) is 0 Å². The Morgan fingerprint density at radius 1 is 1.22 bits per heavy atom. The van der Waals surface area contributed by atoms with Crippen molar-refractivity contribution in [2.75, 3.05) is 44.7 Å². The van der Waals surface area contributed by atoms with Gasteiger partial charge in [0.2, 0.25) is 5.95 Å². The normalized spacial score (nSPS) is 15.1. The van der Waals surface area contributed by atoms with E-state index in [0.717, 1.165) is 73.3 Å². The van der Waals surface area contributed by atoms with Crippen LogP contribution in [0.3, 0.4) is 0 Å². The van der Waals surface area contributed by atoms with Gasteiger partial charge in [-0.25, -0.2) is 15.0 Å². The van der Waals surface area contributed by atoms with Crippen LogP contribution in [0.2, 0.25) is 0 Å². The molecular formula is C19H23N5OS2. The Bertz CT molecular complexity index is 859. The molecule has 1 N–H and O–H groups in total. The molecular weight excluding hydrogens is 378 g/mol. The van der Waals surface area contributed by atoms with Gasteiger partial charge in [0.25, 0.3) is 0 Å². The van der Waals surface area contributed by atoms with Crippen LogP contribution in [0.15, 0.2) is 28.4 Å². The molecule has 27 heavy (non-hydrogen) atoms. The average Bonchev–Trinajstić information content (AvgIpc) is 3.38. The monoisotopic (exact) mass is 401 g/mol. The Hall–Kier alpha value is -1.87. The van der Waals surface area contributed by atoms with Gasteiger partial charge in [-0.05, 0) is 42.3 Å². The molecule has 0 radical (unpaired) electrons. The summed E-state index contributed by atoms with van der Waals surface area (Å²) in [6.45, 7) is 7.68. The number of thiazole rings is 1. The Morgan fingerprint density at radius 3 is 2.85 bits per heavy atom. The number of rotatable bonds is 7. The molecule has 0 aliphatic carbocycles. The molecule has 1 aliphatic heterocycles. The van der Waals surface area contributed by atoms with E-state index in [2.05, 4.69) is 42.4 Å². The summed E-state index contributed by atoms with van der Waals surface area (Å²) in [5, 5.41) is 10.6. The van der Waals surface area contributed by atoms with Crippen molar-refractivity contribution in [2.45, 2.75) is 13.3 Å². The summed E-state index contributed by atoms with van der Waals surface area (Å²) in [6, 6.07) is 2.10. The first-order chi connectivity index (χ1) is 13.3. The summed E-state index contributed by atoms with van der Waals surface area (Å²) >= 11 is 3.30. The number of hydrogen-bond acceptors (Lipinski definition) is 8. The predicted molar refractivity (Wildman–Crippen MR) is 112 cm³/mol. The van der Waals surface area contributed by atoms with Crippen LogP contribution >= 0.6 is 22.7 Å². The van der Waals surface area contributed by atoms with Crippen LogP contribution < -0.4 is 5.32 Å². The fourth-order valence-corrected chi connectivity index (χ4v) is 4.50. The van der Waals surface area contributed by atoms with E-state index in [1.54, 1.807) is 22.7 Å². The van der Waals surface area contributed by atoms with Crippen molar-refractivity contribution >= 4 is 28.6 Å². The van der Waals surface area contributed by atoms with Gasteiger partial charge in [-0.2, -0.15) is 11.3 Å². The number of ether oxygens (including phenoxy) is 1. The fraction of sp³-hybridized carbons (Fsp3) is 0.421. The summed E-state index contributed by atoms with van der Waals surface area (Å²) in [4.78, 5) is 16.4. The second-order valence-electron chi connectivity index (χ2n) is 6.50. The number of aromatic nitrogens is 3. The van der Waals surface area contributed by atoms with Gasteiger partial charge in [-0.1, -0.05) is 0 Å². The average molecular weight is 402 g/mol. The zero-order chi connectivity index (χ0) is 18.5. The summed E-state index contributed by atoms with van der Waals surface area (Å²) in [5.41, 5.74) is 4.09. The van der Waals surface area contributed by atoms with E-state index >= 15 is 0 Å². The van der Waals surface area contributed by atoms with Crippen LogP contribution in [-0.2, 0) is 4.74 Å². The molecule has 1 saturated heterocycles. The topological polar surface area (TPSA) is 63.2 Å². The summed E-state index contributed by atoms with van der Waals surface area (Å²) in [6.07, 6.45) is 2.97. The maximum Gasteiger partial charge on any atom is 0.223 e. The van der Waals surface area contributed by atoms with Gasteiger partial charge in [0, 0.05) is 42.5 Å². The quantitative estimate of drug-likeness (QED) is 0.608.